The maximum atomic E-state index is 13.5. The van der Waals surface area contributed by atoms with Gasteiger partial charge in [0, 0.05) is 32.5 Å². The molecular formula is C18H23F2N5O4. The van der Waals surface area contributed by atoms with E-state index in [1.54, 1.807) is 18.4 Å². The van der Waals surface area contributed by atoms with Crippen LogP contribution in [0.25, 0.3) is 0 Å². The molecule has 2 fully saturated rings. The number of ether oxygens (including phenoxy) is 1. The molecule has 3 aliphatic rings. The van der Waals surface area contributed by atoms with Crippen molar-refractivity contribution in [3.8, 4) is 0 Å². The highest BCUT2D eigenvalue weighted by molar-refractivity contribution is 5.93. The molecule has 1 aromatic heterocycles. The minimum Gasteiger partial charge on any atom is -0.369 e. The van der Waals surface area contributed by atoms with Crippen LogP contribution in [-0.2, 0) is 9.57 Å². The molecule has 1 aliphatic carbocycles. The maximum Gasteiger partial charge on any atom is 0.299 e. The van der Waals surface area contributed by atoms with Gasteiger partial charge in [0.1, 0.15) is 18.1 Å². The lowest BCUT2D eigenvalue weighted by Crippen LogP contribution is -2.47. The second kappa shape index (κ2) is 8.46. The zero-order chi connectivity index (χ0) is 20.3. The van der Waals surface area contributed by atoms with Gasteiger partial charge in [-0.1, -0.05) is 5.16 Å². The third-order valence-corrected chi connectivity index (χ3v) is 5.26. The molecule has 1 amide bonds. The predicted octanol–water partition coefficient (Wildman–Crippen LogP) is 2.19. The monoisotopic (exact) mass is 411 g/mol. The van der Waals surface area contributed by atoms with Crippen LogP contribution < -0.4 is 5.32 Å². The number of rotatable bonds is 5. The number of amides is 1. The molecule has 1 atom stereocenters. The van der Waals surface area contributed by atoms with Crippen LogP contribution >= 0.6 is 0 Å². The Kier molecular flexibility index (Phi) is 5.76. The third-order valence-electron chi connectivity index (χ3n) is 5.26. The van der Waals surface area contributed by atoms with Gasteiger partial charge in [0.15, 0.2) is 5.69 Å². The Morgan fingerprint density at radius 2 is 2.14 bits per heavy atom. The topological polar surface area (TPSA) is 93.0 Å². The van der Waals surface area contributed by atoms with Crippen molar-refractivity contribution in [1.29, 1.82) is 0 Å². The van der Waals surface area contributed by atoms with E-state index in [-0.39, 0.29) is 31.0 Å². The average molecular weight is 411 g/mol. The van der Waals surface area contributed by atoms with Gasteiger partial charge in [0.2, 0.25) is 5.92 Å². The summed E-state index contributed by atoms with van der Waals surface area (Å²) in [6.07, 6.45) is 6.19. The van der Waals surface area contributed by atoms with Crippen molar-refractivity contribution >= 4 is 5.91 Å². The van der Waals surface area contributed by atoms with E-state index < -0.39 is 17.9 Å². The Hall–Kier alpha value is -2.53. The van der Waals surface area contributed by atoms with Crippen LogP contribution in [0.2, 0.25) is 0 Å². The molecule has 158 valence electrons. The fraction of sp³-hybridized carbons (Fsp3) is 0.611. The van der Waals surface area contributed by atoms with Crippen molar-refractivity contribution in [2.24, 2.45) is 5.92 Å². The molecule has 1 aromatic rings. The van der Waals surface area contributed by atoms with E-state index in [4.69, 9.17) is 14.2 Å². The summed E-state index contributed by atoms with van der Waals surface area (Å²) in [7, 11) is 0. The van der Waals surface area contributed by atoms with E-state index in [0.29, 0.717) is 38.2 Å². The van der Waals surface area contributed by atoms with Gasteiger partial charge in [0.05, 0.1) is 12.8 Å². The van der Waals surface area contributed by atoms with E-state index in [9.17, 15) is 13.6 Å². The SMILES string of the molecule is O=C(c1nonc1C1CNCCO1)N(CC1CCC(F)(F)CC1)N1C=CC=CO1. The maximum absolute atomic E-state index is 13.5. The summed E-state index contributed by atoms with van der Waals surface area (Å²) in [5.41, 5.74) is 0.324. The van der Waals surface area contributed by atoms with Gasteiger partial charge in [-0.25, -0.2) is 18.4 Å². The number of nitrogens with zero attached hydrogens (tertiary/aromatic N) is 4. The normalized spacial score (nSPS) is 24.3. The minimum absolute atomic E-state index is 0.0198. The number of halogens is 2. The number of hydrogen-bond donors (Lipinski definition) is 1. The van der Waals surface area contributed by atoms with Gasteiger partial charge in [0.25, 0.3) is 5.91 Å². The van der Waals surface area contributed by atoms with E-state index >= 15 is 0 Å². The van der Waals surface area contributed by atoms with E-state index in [2.05, 4.69) is 15.6 Å². The first-order valence-electron chi connectivity index (χ1n) is 9.67. The van der Waals surface area contributed by atoms with Crippen molar-refractivity contribution in [2.45, 2.75) is 37.7 Å². The number of hydroxylamine groups is 1. The number of aromatic nitrogens is 2. The smallest absolute Gasteiger partial charge is 0.299 e. The lowest BCUT2D eigenvalue weighted by molar-refractivity contribution is -0.196. The number of nitrogens with one attached hydrogen (secondary N) is 1. The first kappa shape index (κ1) is 19.8. The van der Waals surface area contributed by atoms with Gasteiger partial charge in [-0.15, -0.1) is 5.17 Å². The van der Waals surface area contributed by atoms with E-state index in [0.717, 1.165) is 0 Å². The molecule has 1 saturated carbocycles. The molecule has 0 bridgehead atoms. The molecule has 1 saturated heterocycles. The zero-order valence-electron chi connectivity index (χ0n) is 15.8. The zero-order valence-corrected chi connectivity index (χ0v) is 15.8. The molecule has 0 spiro atoms. The summed E-state index contributed by atoms with van der Waals surface area (Å²) in [6, 6.07) is 0. The summed E-state index contributed by atoms with van der Waals surface area (Å²) in [6.45, 7) is 1.88. The summed E-state index contributed by atoms with van der Waals surface area (Å²) in [5, 5.41) is 13.4. The molecule has 29 heavy (non-hydrogen) atoms. The number of carbonyl (C=O) groups is 1. The van der Waals surface area contributed by atoms with Gasteiger partial charge in [-0.2, -0.15) is 0 Å². The van der Waals surface area contributed by atoms with Crippen LogP contribution in [0.4, 0.5) is 8.78 Å². The molecule has 9 nitrogen and oxygen atoms in total. The van der Waals surface area contributed by atoms with Gasteiger partial charge in [-0.05, 0) is 36.1 Å². The van der Waals surface area contributed by atoms with Crippen molar-refractivity contribution in [3.63, 3.8) is 0 Å². The second-order valence-electron chi connectivity index (χ2n) is 7.33. The first-order chi connectivity index (χ1) is 14.0. The van der Waals surface area contributed by atoms with Crippen molar-refractivity contribution in [2.75, 3.05) is 26.2 Å². The minimum atomic E-state index is -2.63. The number of hydrogen-bond acceptors (Lipinski definition) is 8. The van der Waals surface area contributed by atoms with Crippen LogP contribution in [0, 0.1) is 5.92 Å². The highest BCUT2D eigenvalue weighted by Crippen LogP contribution is 2.37. The summed E-state index contributed by atoms with van der Waals surface area (Å²) < 4.78 is 37.5. The van der Waals surface area contributed by atoms with Crippen LogP contribution in [0.3, 0.4) is 0 Å². The molecule has 3 heterocycles. The molecule has 2 aliphatic heterocycles. The summed E-state index contributed by atoms with van der Waals surface area (Å²) in [5.74, 6) is -3.21. The first-order valence-corrected chi connectivity index (χ1v) is 9.67. The van der Waals surface area contributed by atoms with Crippen LogP contribution in [0.15, 0.2) is 29.2 Å². The Balaban J connectivity index is 1.53. The molecule has 1 unspecified atom stereocenters. The fourth-order valence-corrected chi connectivity index (χ4v) is 3.64. The van der Waals surface area contributed by atoms with Crippen molar-refractivity contribution in [1.82, 2.24) is 25.8 Å². The third kappa shape index (κ3) is 4.56. The fourth-order valence-electron chi connectivity index (χ4n) is 3.64. The standard InChI is InChI=1S/C18H23F2N5O4/c19-18(20)5-3-13(4-6-18)12-24(25-8-1-2-9-28-25)17(26)16-15(22-29-23-16)14-11-21-7-10-27-14/h1-2,8-9,13-14,21H,3-7,10-12H2. The average Bonchev–Trinajstić information content (AvgIpc) is 3.24. The summed E-state index contributed by atoms with van der Waals surface area (Å²) >= 11 is 0. The lowest BCUT2D eigenvalue weighted by Gasteiger charge is -2.36. The van der Waals surface area contributed by atoms with Gasteiger partial charge in [-0.3, -0.25) is 4.79 Å². The van der Waals surface area contributed by atoms with Crippen molar-refractivity contribution < 1.29 is 27.8 Å². The van der Waals surface area contributed by atoms with Crippen LogP contribution in [0.5, 0.6) is 0 Å². The number of morpholine rings is 1. The van der Waals surface area contributed by atoms with E-state index in [1.807, 2.05) is 0 Å². The molecule has 1 N–H and O–H groups in total. The number of allylic oxidation sites excluding steroid dienone is 2. The van der Waals surface area contributed by atoms with Crippen LogP contribution in [-0.4, -0.2) is 58.6 Å². The summed E-state index contributed by atoms with van der Waals surface area (Å²) in [4.78, 5) is 18.8. The Morgan fingerprint density at radius 1 is 1.31 bits per heavy atom. The van der Waals surface area contributed by atoms with Gasteiger partial charge >= 0.3 is 0 Å². The predicted molar refractivity (Wildman–Crippen MR) is 95.0 cm³/mol. The quantitative estimate of drug-likeness (QED) is 0.788. The molecular weight excluding hydrogens is 388 g/mol. The molecule has 0 radical (unpaired) electrons. The van der Waals surface area contributed by atoms with Crippen LogP contribution in [0.1, 0.15) is 48.0 Å². The van der Waals surface area contributed by atoms with E-state index in [1.165, 1.54) is 16.4 Å². The molecule has 4 rings (SSSR count). The Bertz CT molecular complexity index is 768. The van der Waals surface area contributed by atoms with Crippen molar-refractivity contribution in [3.05, 3.63) is 36.0 Å². The molecule has 0 aromatic carbocycles. The highest BCUT2D eigenvalue weighted by Gasteiger charge is 2.38. The highest BCUT2D eigenvalue weighted by atomic mass is 19.3. The number of hydrazine groups is 1. The number of alkyl halides is 2. The second-order valence-corrected chi connectivity index (χ2v) is 7.33. The largest absolute Gasteiger partial charge is 0.369 e. The lowest BCUT2D eigenvalue weighted by atomic mass is 9.86. The Morgan fingerprint density at radius 3 is 2.83 bits per heavy atom. The van der Waals surface area contributed by atoms with Gasteiger partial charge < -0.3 is 14.9 Å². The number of carbonyl (C=O) groups excluding carboxylic acids is 1. The molecule has 11 heteroatoms. The Labute approximate surface area is 166 Å².